The highest BCUT2D eigenvalue weighted by molar-refractivity contribution is 7.19. The summed E-state index contributed by atoms with van der Waals surface area (Å²) in [6, 6.07) is 11.4. The Labute approximate surface area is 181 Å². The molecule has 0 saturated carbocycles. The van der Waals surface area contributed by atoms with Crippen molar-refractivity contribution in [3.63, 3.8) is 0 Å². The summed E-state index contributed by atoms with van der Waals surface area (Å²) in [6.07, 6.45) is 1.77. The number of carbonyl (C=O) groups is 1. The lowest BCUT2D eigenvalue weighted by Gasteiger charge is -2.10. The van der Waals surface area contributed by atoms with Crippen molar-refractivity contribution in [2.24, 2.45) is 0 Å². The van der Waals surface area contributed by atoms with E-state index in [2.05, 4.69) is 10.3 Å². The first kappa shape index (κ1) is 20.4. The minimum absolute atomic E-state index is 0.000521. The highest BCUT2D eigenvalue weighted by Gasteiger charge is 2.19. The fraction of sp³-hybridized carbons (Fsp3) is 0.143. The monoisotopic (exact) mass is 438 g/mol. The standard InChI is InChI=1S/C21H18N4O5S/c1-12-19(20(26)22-14-7-8-17(29-2)18(10-14)30-3)31-21-23-16(11-24(12)21)13-5-4-6-15(9-13)25(27)28/h4-11H,1-3H3,(H,22,26). The summed E-state index contributed by atoms with van der Waals surface area (Å²) in [7, 11) is 3.07. The van der Waals surface area contributed by atoms with Crippen LogP contribution in [-0.2, 0) is 0 Å². The highest BCUT2D eigenvalue weighted by Crippen LogP contribution is 2.32. The van der Waals surface area contributed by atoms with E-state index in [1.54, 1.807) is 43.6 Å². The first-order chi connectivity index (χ1) is 14.9. The van der Waals surface area contributed by atoms with E-state index in [1.165, 1.54) is 30.6 Å². The van der Waals surface area contributed by atoms with Gasteiger partial charge in [-0.2, -0.15) is 0 Å². The lowest BCUT2D eigenvalue weighted by atomic mass is 10.1. The summed E-state index contributed by atoms with van der Waals surface area (Å²) >= 11 is 1.24. The average Bonchev–Trinajstić information content (AvgIpc) is 3.33. The summed E-state index contributed by atoms with van der Waals surface area (Å²) in [5, 5.41) is 13.9. The molecule has 2 heterocycles. The van der Waals surface area contributed by atoms with Crippen LogP contribution in [0.3, 0.4) is 0 Å². The number of anilines is 1. The van der Waals surface area contributed by atoms with Crippen LogP contribution >= 0.6 is 11.3 Å². The molecule has 158 valence electrons. The van der Waals surface area contributed by atoms with Gasteiger partial charge >= 0.3 is 0 Å². The number of aryl methyl sites for hydroxylation is 1. The van der Waals surface area contributed by atoms with E-state index in [0.717, 1.165) is 5.69 Å². The quantitative estimate of drug-likeness (QED) is 0.350. The van der Waals surface area contributed by atoms with Gasteiger partial charge in [-0.15, -0.1) is 0 Å². The number of nitro benzene ring substituents is 1. The molecule has 0 radical (unpaired) electrons. The fourth-order valence-electron chi connectivity index (χ4n) is 3.18. The largest absolute Gasteiger partial charge is 0.493 e. The minimum Gasteiger partial charge on any atom is -0.493 e. The van der Waals surface area contributed by atoms with E-state index in [0.29, 0.717) is 38.3 Å². The Kier molecular flexibility index (Phi) is 5.30. The number of hydrogen-bond donors (Lipinski definition) is 1. The maximum atomic E-state index is 12.8. The van der Waals surface area contributed by atoms with Gasteiger partial charge in [0.1, 0.15) is 4.88 Å². The minimum atomic E-state index is -0.441. The van der Waals surface area contributed by atoms with Crippen LogP contribution in [0.25, 0.3) is 16.2 Å². The van der Waals surface area contributed by atoms with E-state index in [1.807, 2.05) is 11.3 Å². The van der Waals surface area contributed by atoms with Gasteiger partial charge < -0.3 is 14.8 Å². The second-order valence-electron chi connectivity index (χ2n) is 6.63. The van der Waals surface area contributed by atoms with Gasteiger partial charge in [0, 0.05) is 41.3 Å². The fourth-order valence-corrected chi connectivity index (χ4v) is 4.18. The van der Waals surface area contributed by atoms with E-state index >= 15 is 0 Å². The number of nitrogens with one attached hydrogen (secondary N) is 1. The van der Waals surface area contributed by atoms with Crippen LogP contribution < -0.4 is 14.8 Å². The number of benzene rings is 2. The molecule has 0 fully saturated rings. The number of non-ortho nitro benzene ring substituents is 1. The molecule has 31 heavy (non-hydrogen) atoms. The number of ether oxygens (including phenoxy) is 2. The number of aromatic nitrogens is 2. The van der Waals surface area contributed by atoms with Gasteiger partial charge in [0.15, 0.2) is 16.5 Å². The first-order valence-electron chi connectivity index (χ1n) is 9.18. The molecule has 0 unspecified atom stereocenters. The van der Waals surface area contributed by atoms with E-state index in [4.69, 9.17) is 9.47 Å². The number of amides is 1. The molecule has 0 bridgehead atoms. The molecule has 0 atom stereocenters. The van der Waals surface area contributed by atoms with Gasteiger partial charge in [0.05, 0.1) is 24.8 Å². The van der Waals surface area contributed by atoms with Crippen LogP contribution in [0.2, 0.25) is 0 Å². The maximum absolute atomic E-state index is 12.8. The molecule has 1 amide bonds. The zero-order valence-electron chi connectivity index (χ0n) is 16.9. The van der Waals surface area contributed by atoms with E-state index in [-0.39, 0.29) is 11.6 Å². The van der Waals surface area contributed by atoms with Gasteiger partial charge in [-0.3, -0.25) is 19.3 Å². The van der Waals surface area contributed by atoms with Gasteiger partial charge in [-0.1, -0.05) is 23.5 Å². The Morgan fingerprint density at radius 1 is 1.16 bits per heavy atom. The molecule has 0 aliphatic heterocycles. The molecule has 10 heteroatoms. The second-order valence-corrected chi connectivity index (χ2v) is 7.60. The smallest absolute Gasteiger partial charge is 0.270 e. The van der Waals surface area contributed by atoms with Crippen molar-refractivity contribution in [2.75, 3.05) is 19.5 Å². The molecule has 0 saturated heterocycles. The Morgan fingerprint density at radius 3 is 2.61 bits per heavy atom. The van der Waals surface area contributed by atoms with Crippen LogP contribution in [0.5, 0.6) is 11.5 Å². The Balaban J connectivity index is 1.62. The molecule has 1 N–H and O–H groups in total. The number of rotatable bonds is 6. The van der Waals surface area contributed by atoms with Crippen LogP contribution in [0, 0.1) is 17.0 Å². The summed E-state index contributed by atoms with van der Waals surface area (Å²) < 4.78 is 12.3. The number of fused-ring (bicyclic) bond motifs is 1. The van der Waals surface area contributed by atoms with Crippen molar-refractivity contribution in [3.05, 3.63) is 69.3 Å². The molecule has 0 aliphatic rings. The first-order valence-corrected chi connectivity index (χ1v) is 9.99. The van der Waals surface area contributed by atoms with Gasteiger partial charge in [-0.25, -0.2) is 4.98 Å². The second kappa shape index (κ2) is 8.07. The maximum Gasteiger partial charge on any atom is 0.270 e. The van der Waals surface area contributed by atoms with E-state index in [9.17, 15) is 14.9 Å². The molecule has 4 rings (SSSR count). The summed E-state index contributed by atoms with van der Waals surface area (Å²) in [6.45, 7) is 1.83. The lowest BCUT2D eigenvalue weighted by molar-refractivity contribution is -0.384. The molecule has 9 nitrogen and oxygen atoms in total. The number of carbonyl (C=O) groups excluding carboxylic acids is 1. The highest BCUT2D eigenvalue weighted by atomic mass is 32.1. The zero-order chi connectivity index (χ0) is 22.1. The Bertz CT molecular complexity index is 1310. The third kappa shape index (κ3) is 3.80. The Morgan fingerprint density at radius 2 is 1.94 bits per heavy atom. The molecule has 2 aromatic heterocycles. The van der Waals surface area contributed by atoms with Gasteiger partial charge in [0.25, 0.3) is 11.6 Å². The van der Waals surface area contributed by atoms with Crippen molar-refractivity contribution in [1.29, 1.82) is 0 Å². The molecule has 0 aliphatic carbocycles. The molecular formula is C21H18N4O5S. The lowest BCUT2D eigenvalue weighted by Crippen LogP contribution is -2.12. The van der Waals surface area contributed by atoms with Crippen LogP contribution in [-0.4, -0.2) is 34.4 Å². The number of methoxy groups -OCH3 is 2. The van der Waals surface area contributed by atoms with E-state index < -0.39 is 4.92 Å². The van der Waals surface area contributed by atoms with Crippen molar-refractivity contribution < 1.29 is 19.2 Å². The van der Waals surface area contributed by atoms with Crippen molar-refractivity contribution in [3.8, 4) is 22.8 Å². The van der Waals surface area contributed by atoms with Gasteiger partial charge in [0.2, 0.25) is 0 Å². The number of hydrogen-bond acceptors (Lipinski definition) is 7. The average molecular weight is 438 g/mol. The molecule has 2 aromatic carbocycles. The van der Waals surface area contributed by atoms with Crippen molar-refractivity contribution in [2.45, 2.75) is 6.92 Å². The van der Waals surface area contributed by atoms with Crippen LogP contribution in [0.15, 0.2) is 48.7 Å². The van der Waals surface area contributed by atoms with Crippen molar-refractivity contribution in [1.82, 2.24) is 9.38 Å². The molecular weight excluding hydrogens is 420 g/mol. The predicted molar refractivity (Wildman–Crippen MR) is 117 cm³/mol. The Hall–Kier alpha value is -3.92. The predicted octanol–water partition coefficient (Wildman–Crippen LogP) is 4.55. The van der Waals surface area contributed by atoms with Crippen molar-refractivity contribution >= 4 is 33.6 Å². The number of thiazole rings is 1. The summed E-state index contributed by atoms with van der Waals surface area (Å²) in [5.41, 5.74) is 2.54. The molecule has 4 aromatic rings. The third-order valence-corrected chi connectivity index (χ3v) is 5.91. The SMILES string of the molecule is COc1ccc(NC(=O)c2sc3nc(-c4cccc([N+](=O)[O-])c4)cn3c2C)cc1OC. The zero-order valence-corrected chi connectivity index (χ0v) is 17.7. The number of imidazole rings is 1. The third-order valence-electron chi connectivity index (χ3n) is 4.76. The molecule has 0 spiro atoms. The summed E-state index contributed by atoms with van der Waals surface area (Å²) in [5.74, 6) is 0.816. The normalized spacial score (nSPS) is 10.8. The van der Waals surface area contributed by atoms with Crippen LogP contribution in [0.4, 0.5) is 11.4 Å². The number of nitro groups is 1. The number of nitrogens with zero attached hydrogens (tertiary/aromatic N) is 3. The van der Waals surface area contributed by atoms with Crippen LogP contribution in [0.1, 0.15) is 15.4 Å². The van der Waals surface area contributed by atoms with Gasteiger partial charge in [-0.05, 0) is 19.1 Å². The summed E-state index contributed by atoms with van der Waals surface area (Å²) in [4.78, 5) is 29.1. The topological polar surface area (TPSA) is 108 Å².